The predicted octanol–water partition coefficient (Wildman–Crippen LogP) is 2.19. The second kappa shape index (κ2) is 6.50. The minimum atomic E-state index is 0.418. The first-order valence-corrected chi connectivity index (χ1v) is 6.65. The second-order valence-corrected chi connectivity index (χ2v) is 4.85. The summed E-state index contributed by atoms with van der Waals surface area (Å²) in [7, 11) is 0. The van der Waals surface area contributed by atoms with Crippen molar-refractivity contribution in [1.82, 2.24) is 9.88 Å². The van der Waals surface area contributed by atoms with Crippen LogP contribution in [0.3, 0.4) is 0 Å². The number of hydrogen-bond donors (Lipinski definition) is 1. The van der Waals surface area contributed by atoms with Gasteiger partial charge in [0.25, 0.3) is 0 Å². The molecular formula is C14H21N3O. The van der Waals surface area contributed by atoms with Crippen LogP contribution in [0.5, 0.6) is 0 Å². The molecule has 1 unspecified atom stereocenters. The summed E-state index contributed by atoms with van der Waals surface area (Å²) in [4.78, 5) is 6.49. The summed E-state index contributed by atoms with van der Waals surface area (Å²) in [5.74, 6) is 0.418. The zero-order valence-corrected chi connectivity index (χ0v) is 10.9. The van der Waals surface area contributed by atoms with Crippen LogP contribution in [0.1, 0.15) is 25.3 Å². The van der Waals surface area contributed by atoms with Gasteiger partial charge < -0.3 is 10.1 Å². The van der Waals surface area contributed by atoms with E-state index in [1.165, 1.54) is 5.56 Å². The van der Waals surface area contributed by atoms with Crippen LogP contribution in [-0.2, 0) is 6.42 Å². The zero-order valence-electron chi connectivity index (χ0n) is 10.9. The summed E-state index contributed by atoms with van der Waals surface area (Å²) in [6, 6.07) is 4.14. The van der Waals surface area contributed by atoms with Crippen molar-refractivity contribution in [2.45, 2.75) is 26.2 Å². The molecule has 98 valence electrons. The van der Waals surface area contributed by atoms with Gasteiger partial charge in [-0.3, -0.25) is 4.98 Å². The minimum absolute atomic E-state index is 0.418. The minimum Gasteiger partial charge on any atom is -0.411 e. The van der Waals surface area contributed by atoms with E-state index in [9.17, 15) is 0 Å². The van der Waals surface area contributed by atoms with E-state index < -0.39 is 0 Å². The van der Waals surface area contributed by atoms with E-state index in [1.807, 2.05) is 12.4 Å². The van der Waals surface area contributed by atoms with Crippen LogP contribution in [0.25, 0.3) is 0 Å². The Morgan fingerprint density at radius 3 is 2.89 bits per heavy atom. The van der Waals surface area contributed by atoms with Gasteiger partial charge in [-0.1, -0.05) is 12.1 Å². The summed E-state index contributed by atoms with van der Waals surface area (Å²) in [6.45, 7) is 5.24. The Kier molecular flexibility index (Phi) is 4.70. The Balaban J connectivity index is 1.84. The van der Waals surface area contributed by atoms with Crippen LogP contribution in [0, 0.1) is 5.92 Å². The molecule has 1 aliphatic heterocycles. The molecule has 2 rings (SSSR count). The molecule has 1 atom stereocenters. The van der Waals surface area contributed by atoms with Crippen molar-refractivity contribution in [2.75, 3.05) is 19.6 Å². The number of likely N-dealkylation sites (tertiary alicyclic amines) is 1. The lowest BCUT2D eigenvalue weighted by atomic mass is 9.93. The summed E-state index contributed by atoms with van der Waals surface area (Å²) in [5, 5.41) is 12.4. The molecule has 4 nitrogen and oxygen atoms in total. The molecule has 1 saturated heterocycles. The highest BCUT2D eigenvalue weighted by Crippen LogP contribution is 2.17. The van der Waals surface area contributed by atoms with Crippen molar-refractivity contribution in [3.05, 3.63) is 30.1 Å². The summed E-state index contributed by atoms with van der Waals surface area (Å²) < 4.78 is 0. The Hall–Kier alpha value is -1.42. The first-order valence-electron chi connectivity index (χ1n) is 6.65. The first kappa shape index (κ1) is 13.0. The molecule has 0 radical (unpaired) electrons. The molecule has 0 amide bonds. The van der Waals surface area contributed by atoms with Crippen molar-refractivity contribution in [1.29, 1.82) is 0 Å². The third-order valence-electron chi connectivity index (χ3n) is 3.72. The molecule has 2 heterocycles. The fourth-order valence-electron chi connectivity index (χ4n) is 2.52. The van der Waals surface area contributed by atoms with Gasteiger partial charge in [0.05, 0.1) is 5.71 Å². The van der Waals surface area contributed by atoms with Crippen LogP contribution in [0.2, 0.25) is 0 Å². The van der Waals surface area contributed by atoms with Gasteiger partial charge >= 0.3 is 0 Å². The number of pyridine rings is 1. The van der Waals surface area contributed by atoms with Gasteiger partial charge in [0, 0.05) is 44.4 Å². The van der Waals surface area contributed by atoms with Crippen molar-refractivity contribution < 1.29 is 5.21 Å². The van der Waals surface area contributed by atoms with Gasteiger partial charge in [-0.2, -0.15) is 0 Å². The number of nitrogens with zero attached hydrogens (tertiary/aromatic N) is 3. The average Bonchev–Trinajstić information content (AvgIpc) is 2.45. The van der Waals surface area contributed by atoms with E-state index in [1.54, 1.807) is 0 Å². The van der Waals surface area contributed by atoms with E-state index in [0.717, 1.165) is 44.6 Å². The molecule has 1 fully saturated rings. The fraction of sp³-hybridized carbons (Fsp3) is 0.571. The van der Waals surface area contributed by atoms with E-state index in [-0.39, 0.29) is 0 Å². The lowest BCUT2D eigenvalue weighted by Gasteiger charge is -2.32. The maximum atomic E-state index is 8.95. The van der Waals surface area contributed by atoms with Crippen LogP contribution >= 0.6 is 0 Å². The monoisotopic (exact) mass is 247 g/mol. The van der Waals surface area contributed by atoms with Crippen LogP contribution in [-0.4, -0.2) is 40.4 Å². The van der Waals surface area contributed by atoms with Gasteiger partial charge in [-0.15, -0.1) is 0 Å². The van der Waals surface area contributed by atoms with Gasteiger partial charge in [-0.05, 0) is 30.5 Å². The third kappa shape index (κ3) is 3.29. The molecule has 1 aromatic heterocycles. The number of hydrogen-bond acceptors (Lipinski definition) is 4. The SMILES string of the molecule is CCC1CN(CCc2ccncc2)CC/C1=N\O. The lowest BCUT2D eigenvalue weighted by Crippen LogP contribution is -2.41. The quantitative estimate of drug-likeness (QED) is 0.655. The molecular weight excluding hydrogens is 226 g/mol. The number of rotatable bonds is 4. The largest absolute Gasteiger partial charge is 0.411 e. The number of piperidine rings is 1. The standard InChI is InChI=1S/C14H21N3O/c1-2-13-11-17(10-6-14(13)16-18)9-5-12-3-7-15-8-4-12/h3-4,7-8,13,18H,2,5-6,9-11H2,1H3/b16-14+. The maximum Gasteiger partial charge on any atom is 0.0627 e. The fourth-order valence-corrected chi connectivity index (χ4v) is 2.52. The average molecular weight is 247 g/mol. The Morgan fingerprint density at radius 1 is 1.44 bits per heavy atom. The summed E-state index contributed by atoms with van der Waals surface area (Å²) in [5.41, 5.74) is 2.30. The molecule has 0 aromatic carbocycles. The smallest absolute Gasteiger partial charge is 0.0627 e. The lowest BCUT2D eigenvalue weighted by molar-refractivity contribution is 0.230. The number of oxime groups is 1. The maximum absolute atomic E-state index is 8.95. The second-order valence-electron chi connectivity index (χ2n) is 4.85. The number of aromatic nitrogens is 1. The van der Waals surface area contributed by atoms with Crippen molar-refractivity contribution in [2.24, 2.45) is 11.1 Å². The normalized spacial score (nSPS) is 23.4. The molecule has 18 heavy (non-hydrogen) atoms. The molecule has 0 aliphatic carbocycles. The first-order chi connectivity index (χ1) is 8.83. The topological polar surface area (TPSA) is 48.7 Å². The predicted molar refractivity (Wildman–Crippen MR) is 72.0 cm³/mol. The summed E-state index contributed by atoms with van der Waals surface area (Å²) >= 11 is 0. The zero-order chi connectivity index (χ0) is 12.8. The third-order valence-corrected chi connectivity index (χ3v) is 3.72. The van der Waals surface area contributed by atoms with Crippen LogP contribution < -0.4 is 0 Å². The molecule has 1 aromatic rings. The Labute approximate surface area is 108 Å². The van der Waals surface area contributed by atoms with Crippen molar-refractivity contribution in [3.8, 4) is 0 Å². The molecule has 0 spiro atoms. The van der Waals surface area contributed by atoms with E-state index >= 15 is 0 Å². The van der Waals surface area contributed by atoms with Crippen LogP contribution in [0.4, 0.5) is 0 Å². The highest BCUT2D eigenvalue weighted by Gasteiger charge is 2.24. The Morgan fingerprint density at radius 2 is 2.22 bits per heavy atom. The van der Waals surface area contributed by atoms with Crippen molar-refractivity contribution in [3.63, 3.8) is 0 Å². The molecule has 0 saturated carbocycles. The van der Waals surface area contributed by atoms with E-state index in [4.69, 9.17) is 5.21 Å². The van der Waals surface area contributed by atoms with Gasteiger partial charge in [-0.25, -0.2) is 0 Å². The molecule has 1 N–H and O–H groups in total. The van der Waals surface area contributed by atoms with Crippen molar-refractivity contribution >= 4 is 5.71 Å². The molecule has 0 bridgehead atoms. The molecule has 1 aliphatic rings. The highest BCUT2D eigenvalue weighted by atomic mass is 16.4. The van der Waals surface area contributed by atoms with Gasteiger partial charge in [0.1, 0.15) is 0 Å². The Bertz CT molecular complexity index is 391. The van der Waals surface area contributed by atoms with Crippen LogP contribution in [0.15, 0.2) is 29.7 Å². The van der Waals surface area contributed by atoms with Gasteiger partial charge in [0.15, 0.2) is 0 Å². The molecule has 4 heteroatoms. The highest BCUT2D eigenvalue weighted by molar-refractivity contribution is 5.87. The van der Waals surface area contributed by atoms with Gasteiger partial charge in [0.2, 0.25) is 0 Å². The van der Waals surface area contributed by atoms with E-state index in [2.05, 4.69) is 34.1 Å². The van der Waals surface area contributed by atoms with E-state index in [0.29, 0.717) is 5.92 Å². The summed E-state index contributed by atoms with van der Waals surface area (Å²) in [6.07, 6.45) is 6.69.